The maximum atomic E-state index is 9.60. The predicted molar refractivity (Wildman–Crippen MR) is 76.6 cm³/mol. The van der Waals surface area contributed by atoms with Gasteiger partial charge in [-0.2, -0.15) is 4.98 Å². The molecule has 1 aliphatic heterocycles. The summed E-state index contributed by atoms with van der Waals surface area (Å²) < 4.78 is 11.5. The van der Waals surface area contributed by atoms with E-state index in [2.05, 4.69) is 22.4 Å². The molecule has 0 unspecified atom stereocenters. The van der Waals surface area contributed by atoms with E-state index in [0.29, 0.717) is 31.3 Å². The fraction of sp³-hybridized carbons (Fsp3) is 0.867. The molecule has 1 saturated carbocycles. The van der Waals surface area contributed by atoms with Crippen LogP contribution >= 0.6 is 0 Å². The Kier molecular flexibility index (Phi) is 4.28. The van der Waals surface area contributed by atoms with E-state index in [4.69, 9.17) is 9.26 Å². The van der Waals surface area contributed by atoms with E-state index in [0.717, 1.165) is 31.6 Å². The van der Waals surface area contributed by atoms with Crippen LogP contribution in [0.4, 0.5) is 0 Å². The summed E-state index contributed by atoms with van der Waals surface area (Å²) in [6.07, 6.45) is 4.44. The van der Waals surface area contributed by atoms with Crippen LogP contribution < -0.4 is 5.32 Å². The molecule has 6 heteroatoms. The molecule has 3 rings (SSSR count). The Bertz CT molecular complexity index is 468. The van der Waals surface area contributed by atoms with Crippen molar-refractivity contribution in [3.63, 3.8) is 0 Å². The van der Waals surface area contributed by atoms with Gasteiger partial charge in [0, 0.05) is 13.2 Å². The van der Waals surface area contributed by atoms with Gasteiger partial charge in [0.05, 0.1) is 12.1 Å². The van der Waals surface area contributed by atoms with Crippen molar-refractivity contribution in [3.05, 3.63) is 11.7 Å². The fourth-order valence-corrected chi connectivity index (χ4v) is 3.40. The quantitative estimate of drug-likeness (QED) is 0.883. The minimum atomic E-state index is -0.389. The number of β-amino-alcohol motifs (C(OH)–C–C–N with tert-alkyl or cyclic N) is 1. The molecule has 2 fully saturated rings. The summed E-state index contributed by atoms with van der Waals surface area (Å²) in [4.78, 5) is 4.59. The number of aliphatic hydroxyl groups excluding tert-OH is 1. The van der Waals surface area contributed by atoms with Crippen LogP contribution in [0.15, 0.2) is 4.52 Å². The van der Waals surface area contributed by atoms with Crippen LogP contribution in [0.1, 0.15) is 63.7 Å². The molecule has 2 atom stereocenters. The predicted octanol–water partition coefficient (Wildman–Crippen LogP) is 1.91. The van der Waals surface area contributed by atoms with Crippen LogP contribution in [0.2, 0.25) is 0 Å². The zero-order valence-corrected chi connectivity index (χ0v) is 12.8. The Morgan fingerprint density at radius 3 is 2.81 bits per heavy atom. The number of aromatic nitrogens is 2. The van der Waals surface area contributed by atoms with Crippen LogP contribution in [-0.2, 0) is 10.3 Å². The lowest BCUT2D eigenvalue weighted by atomic mass is 9.79. The largest absolute Gasteiger partial charge is 0.392 e. The van der Waals surface area contributed by atoms with Crippen molar-refractivity contribution < 1.29 is 14.4 Å². The van der Waals surface area contributed by atoms with Crippen molar-refractivity contribution in [1.29, 1.82) is 0 Å². The van der Waals surface area contributed by atoms with Gasteiger partial charge in [0.25, 0.3) is 0 Å². The zero-order valence-electron chi connectivity index (χ0n) is 12.8. The number of nitrogens with one attached hydrogen (secondary N) is 1. The van der Waals surface area contributed by atoms with Gasteiger partial charge in [-0.15, -0.1) is 0 Å². The van der Waals surface area contributed by atoms with E-state index >= 15 is 0 Å². The smallest absolute Gasteiger partial charge is 0.243 e. The zero-order chi connectivity index (χ0) is 14.9. The van der Waals surface area contributed by atoms with Crippen LogP contribution in [0.3, 0.4) is 0 Å². The second-order valence-electron chi connectivity index (χ2n) is 6.42. The number of ether oxygens (including phenoxy) is 1. The average Bonchev–Trinajstić information content (AvgIpc) is 3.11. The van der Waals surface area contributed by atoms with Crippen LogP contribution in [0.5, 0.6) is 0 Å². The van der Waals surface area contributed by atoms with Crippen molar-refractivity contribution in [2.24, 2.45) is 5.92 Å². The highest BCUT2D eigenvalue weighted by Gasteiger charge is 2.41. The molecule has 2 heterocycles. The lowest BCUT2D eigenvalue weighted by Gasteiger charge is -2.36. The summed E-state index contributed by atoms with van der Waals surface area (Å²) in [6, 6.07) is -0.0394. The summed E-state index contributed by atoms with van der Waals surface area (Å²) >= 11 is 0. The molecule has 6 nitrogen and oxygen atoms in total. The van der Waals surface area contributed by atoms with Gasteiger partial charge in [-0.05, 0) is 44.9 Å². The Balaban J connectivity index is 1.79. The van der Waals surface area contributed by atoms with E-state index in [1.807, 2.05) is 6.92 Å². The monoisotopic (exact) mass is 295 g/mol. The second-order valence-corrected chi connectivity index (χ2v) is 6.42. The summed E-state index contributed by atoms with van der Waals surface area (Å²) in [5.74, 6) is 1.98. The molecular formula is C15H25N3O3. The van der Waals surface area contributed by atoms with Crippen LogP contribution in [0.25, 0.3) is 0 Å². The number of rotatable bonds is 4. The Morgan fingerprint density at radius 1 is 1.43 bits per heavy atom. The topological polar surface area (TPSA) is 80.4 Å². The van der Waals surface area contributed by atoms with Crippen LogP contribution in [0, 0.1) is 5.92 Å². The van der Waals surface area contributed by atoms with Crippen LogP contribution in [-0.4, -0.2) is 34.5 Å². The molecule has 1 aromatic heterocycles. The number of hydrogen-bond acceptors (Lipinski definition) is 6. The summed E-state index contributed by atoms with van der Waals surface area (Å²) in [6.45, 7) is 5.52. The molecule has 0 radical (unpaired) electrons. The van der Waals surface area contributed by atoms with Gasteiger partial charge in [0.15, 0.2) is 0 Å². The van der Waals surface area contributed by atoms with Crippen molar-refractivity contribution in [2.75, 3.05) is 13.2 Å². The normalized spacial score (nSPS) is 37.0. The Morgan fingerprint density at radius 2 is 2.19 bits per heavy atom. The van der Waals surface area contributed by atoms with Gasteiger partial charge in [0.2, 0.25) is 11.7 Å². The first kappa shape index (κ1) is 14.9. The van der Waals surface area contributed by atoms with Crippen molar-refractivity contribution in [2.45, 2.75) is 63.7 Å². The summed E-state index contributed by atoms with van der Waals surface area (Å²) in [5.41, 5.74) is -0.389. The molecule has 2 aliphatic rings. The first-order valence-electron chi connectivity index (χ1n) is 8.02. The molecule has 1 aliphatic carbocycles. The minimum Gasteiger partial charge on any atom is -0.392 e. The second kappa shape index (κ2) is 6.02. The minimum absolute atomic E-state index is 0.0394. The third-order valence-corrected chi connectivity index (χ3v) is 4.76. The van der Waals surface area contributed by atoms with E-state index < -0.39 is 0 Å². The first-order valence-corrected chi connectivity index (χ1v) is 8.02. The first-order chi connectivity index (χ1) is 10.1. The highest BCUT2D eigenvalue weighted by atomic mass is 16.5. The number of aliphatic hydroxyl groups is 1. The standard InChI is InChI=1S/C15H25N3O3/c1-3-20-15(6-4-10(2)5-7-15)14-17-13(21-18-14)12-8-11(19)9-16-12/h10-12,16,19H,3-9H2,1-2H3/t10?,11-,12+,15?/m1/s1. The Hall–Kier alpha value is -0.980. The number of nitrogens with zero attached hydrogens (tertiary/aromatic N) is 2. The maximum absolute atomic E-state index is 9.60. The van der Waals surface area contributed by atoms with Gasteiger partial charge in [-0.25, -0.2) is 0 Å². The molecule has 2 N–H and O–H groups in total. The van der Waals surface area contributed by atoms with E-state index in [1.165, 1.54) is 0 Å². The molecule has 0 amide bonds. The van der Waals surface area contributed by atoms with Gasteiger partial charge in [0.1, 0.15) is 5.60 Å². The molecule has 1 aromatic rings. The SMILES string of the molecule is CCOC1(c2noc([C@@H]3C[C@@H](O)CN3)n2)CCC(C)CC1. The third kappa shape index (κ3) is 2.98. The fourth-order valence-electron chi connectivity index (χ4n) is 3.40. The molecule has 1 saturated heterocycles. The third-order valence-electron chi connectivity index (χ3n) is 4.76. The highest BCUT2D eigenvalue weighted by Crippen LogP contribution is 2.41. The lowest BCUT2D eigenvalue weighted by molar-refractivity contribution is -0.0847. The molecular weight excluding hydrogens is 270 g/mol. The average molecular weight is 295 g/mol. The number of hydrogen-bond donors (Lipinski definition) is 2. The van der Waals surface area contributed by atoms with Gasteiger partial charge >= 0.3 is 0 Å². The van der Waals surface area contributed by atoms with Crippen molar-refractivity contribution in [1.82, 2.24) is 15.5 Å². The maximum Gasteiger partial charge on any atom is 0.243 e. The Labute approximate surface area is 125 Å². The van der Waals surface area contributed by atoms with Crippen molar-refractivity contribution in [3.8, 4) is 0 Å². The molecule has 0 bridgehead atoms. The lowest BCUT2D eigenvalue weighted by Crippen LogP contribution is -2.35. The van der Waals surface area contributed by atoms with Crippen molar-refractivity contribution >= 4 is 0 Å². The van der Waals surface area contributed by atoms with E-state index in [1.54, 1.807) is 0 Å². The molecule has 118 valence electrons. The summed E-state index contributed by atoms with van der Waals surface area (Å²) in [5, 5.41) is 17.0. The molecule has 0 aromatic carbocycles. The van der Waals surface area contributed by atoms with E-state index in [-0.39, 0.29) is 17.7 Å². The molecule has 0 spiro atoms. The highest BCUT2D eigenvalue weighted by molar-refractivity contribution is 5.06. The summed E-state index contributed by atoms with van der Waals surface area (Å²) in [7, 11) is 0. The van der Waals surface area contributed by atoms with E-state index in [9.17, 15) is 5.11 Å². The van der Waals surface area contributed by atoms with Gasteiger partial charge in [-0.3, -0.25) is 0 Å². The van der Waals surface area contributed by atoms with Gasteiger partial charge in [-0.1, -0.05) is 12.1 Å². The van der Waals surface area contributed by atoms with Gasteiger partial charge < -0.3 is 19.7 Å². The molecule has 21 heavy (non-hydrogen) atoms.